The summed E-state index contributed by atoms with van der Waals surface area (Å²) in [4.78, 5) is 49.4. The third-order valence-electron chi connectivity index (χ3n) is 5.93. The van der Waals surface area contributed by atoms with Gasteiger partial charge in [0.15, 0.2) is 0 Å². The van der Waals surface area contributed by atoms with E-state index in [1.165, 1.54) is 36.5 Å². The molecule has 196 valence electrons. The number of carbonyl (C=O) groups is 3. The molecule has 0 aliphatic carbocycles. The molecule has 2 N–H and O–H groups in total. The molecular weight excluding hydrogens is 503 g/mol. The van der Waals surface area contributed by atoms with E-state index in [0.29, 0.717) is 18.6 Å². The Kier molecular flexibility index (Phi) is 7.75. The van der Waals surface area contributed by atoms with Crippen molar-refractivity contribution in [3.05, 3.63) is 111 Å². The Balaban J connectivity index is 1.69. The molecule has 2 aromatic carbocycles. The van der Waals surface area contributed by atoms with Crippen LogP contribution in [-0.4, -0.2) is 38.8 Å². The fourth-order valence-corrected chi connectivity index (χ4v) is 4.00. The van der Waals surface area contributed by atoms with Crippen LogP contribution < -0.4 is 11.0 Å². The number of hydrogen-bond donors (Lipinski definition) is 2. The summed E-state index contributed by atoms with van der Waals surface area (Å²) in [6.45, 7) is -0.0205. The fraction of sp³-hybridized carbons (Fsp3) is 0.185. The average Bonchev–Trinajstić information content (AvgIpc) is 3.27. The number of nitrogens with one attached hydrogen (secondary N) is 1. The van der Waals surface area contributed by atoms with Crippen molar-refractivity contribution in [3.63, 3.8) is 0 Å². The van der Waals surface area contributed by atoms with Crippen LogP contribution in [0.5, 0.6) is 0 Å². The van der Waals surface area contributed by atoms with Crippen molar-refractivity contribution in [1.29, 1.82) is 0 Å². The first-order valence-corrected chi connectivity index (χ1v) is 11.6. The Morgan fingerprint density at radius 2 is 1.76 bits per heavy atom. The molecule has 2 amide bonds. The summed E-state index contributed by atoms with van der Waals surface area (Å²) in [5, 5.41) is 11.6. The maximum atomic E-state index is 14.3. The molecule has 3 aromatic rings. The molecule has 11 heteroatoms. The molecule has 8 nitrogen and oxygen atoms in total. The molecule has 2 heterocycles. The number of ketones is 1. The van der Waals surface area contributed by atoms with Gasteiger partial charge in [-0.05, 0) is 35.7 Å². The van der Waals surface area contributed by atoms with Crippen LogP contribution in [0.25, 0.3) is 5.76 Å². The van der Waals surface area contributed by atoms with Crippen molar-refractivity contribution in [2.24, 2.45) is 0 Å². The number of carbonyl (C=O) groups excluding carboxylic acids is 3. The van der Waals surface area contributed by atoms with Crippen LogP contribution in [0.3, 0.4) is 0 Å². The van der Waals surface area contributed by atoms with Gasteiger partial charge in [-0.1, -0.05) is 24.3 Å². The number of aliphatic hydroxyl groups is 1. The molecule has 0 radical (unpaired) electrons. The maximum Gasteiger partial charge on any atom is 0.310 e. The van der Waals surface area contributed by atoms with Gasteiger partial charge in [-0.3, -0.25) is 29.6 Å². The minimum Gasteiger partial charge on any atom is -0.507 e. The number of amides is 2. The van der Waals surface area contributed by atoms with E-state index in [9.17, 15) is 37.5 Å². The lowest BCUT2D eigenvalue weighted by Gasteiger charge is -2.15. The standard InChI is InChI=1S/C27H22F3N3O5/c28-19-8-7-17(22(30)12-19)10-16-11-20(27(38)32(14-16)15-18-4-1-2-5-21(18)29)23(34)13-24(35)26(37)31-33-9-3-6-25(33)36/h1-2,4-5,7-8,11-14,34H,3,6,9-10,15H2,(H,31,37). The van der Waals surface area contributed by atoms with Crippen molar-refractivity contribution in [2.45, 2.75) is 25.8 Å². The van der Waals surface area contributed by atoms with Crippen LogP contribution >= 0.6 is 0 Å². The summed E-state index contributed by atoms with van der Waals surface area (Å²) < 4.78 is 43.0. The molecule has 1 aromatic heterocycles. The Bertz CT molecular complexity index is 1520. The number of nitrogens with zero attached hydrogens (tertiary/aromatic N) is 2. The van der Waals surface area contributed by atoms with Crippen molar-refractivity contribution in [2.75, 3.05) is 6.54 Å². The van der Waals surface area contributed by atoms with Crippen LogP contribution in [0, 0.1) is 17.5 Å². The normalized spacial score (nSPS) is 13.6. The largest absolute Gasteiger partial charge is 0.507 e. The Morgan fingerprint density at radius 3 is 2.45 bits per heavy atom. The number of halogens is 3. The lowest BCUT2D eigenvalue weighted by atomic mass is 10.0. The molecule has 0 unspecified atom stereocenters. The van der Waals surface area contributed by atoms with E-state index in [-0.39, 0.29) is 48.5 Å². The SMILES string of the molecule is O=C(C=C(O)c1cc(Cc2ccc(F)cc2F)cn(Cc2ccccc2F)c1=O)C(=O)NN1CCCC1=O. The first kappa shape index (κ1) is 26.4. The second kappa shape index (κ2) is 11.2. The van der Waals surface area contributed by atoms with Gasteiger partial charge in [0.2, 0.25) is 11.7 Å². The third kappa shape index (κ3) is 6.00. The molecule has 4 rings (SSSR count). The van der Waals surface area contributed by atoms with E-state index < -0.39 is 46.0 Å². The summed E-state index contributed by atoms with van der Waals surface area (Å²) >= 11 is 0. The first-order chi connectivity index (χ1) is 18.1. The first-order valence-electron chi connectivity index (χ1n) is 11.6. The van der Waals surface area contributed by atoms with Crippen LogP contribution in [0.1, 0.15) is 35.1 Å². The summed E-state index contributed by atoms with van der Waals surface area (Å²) in [5.74, 6) is -5.83. The van der Waals surface area contributed by atoms with Gasteiger partial charge in [-0.15, -0.1) is 0 Å². The van der Waals surface area contributed by atoms with Crippen LogP contribution in [-0.2, 0) is 27.3 Å². The number of aromatic nitrogens is 1. The molecule has 38 heavy (non-hydrogen) atoms. The monoisotopic (exact) mass is 525 g/mol. The molecule has 0 bridgehead atoms. The number of rotatable bonds is 8. The molecule has 1 fully saturated rings. The van der Waals surface area contributed by atoms with Crippen LogP contribution in [0.15, 0.2) is 65.6 Å². The lowest BCUT2D eigenvalue weighted by molar-refractivity contribution is -0.143. The zero-order valence-electron chi connectivity index (χ0n) is 19.9. The molecule has 1 aliphatic rings. The molecule has 0 saturated carbocycles. The zero-order chi connectivity index (χ0) is 27.4. The van der Waals surface area contributed by atoms with Gasteiger partial charge in [0, 0.05) is 43.3 Å². The maximum absolute atomic E-state index is 14.3. The summed E-state index contributed by atoms with van der Waals surface area (Å²) in [7, 11) is 0. The van der Waals surface area contributed by atoms with Crippen LogP contribution in [0.2, 0.25) is 0 Å². The Labute approximate surface area is 214 Å². The van der Waals surface area contributed by atoms with Gasteiger partial charge in [0.05, 0.1) is 12.1 Å². The molecule has 0 spiro atoms. The second-order valence-corrected chi connectivity index (χ2v) is 8.68. The highest BCUT2D eigenvalue weighted by Crippen LogP contribution is 2.18. The second-order valence-electron chi connectivity index (χ2n) is 8.68. The molecule has 1 saturated heterocycles. The highest BCUT2D eigenvalue weighted by atomic mass is 19.1. The van der Waals surface area contributed by atoms with Gasteiger partial charge in [0.1, 0.15) is 23.2 Å². The van der Waals surface area contributed by atoms with Crippen LogP contribution in [0.4, 0.5) is 13.2 Å². The summed E-state index contributed by atoms with van der Waals surface area (Å²) in [6.07, 6.45) is 2.47. The highest BCUT2D eigenvalue weighted by molar-refractivity contribution is 6.41. The van der Waals surface area contributed by atoms with Gasteiger partial charge < -0.3 is 9.67 Å². The van der Waals surface area contributed by atoms with E-state index in [4.69, 9.17) is 0 Å². The average molecular weight is 525 g/mol. The van der Waals surface area contributed by atoms with Crippen molar-refractivity contribution < 1.29 is 32.7 Å². The quantitative estimate of drug-likeness (QED) is 0.267. The Morgan fingerprint density at radius 1 is 1.00 bits per heavy atom. The predicted octanol–water partition coefficient (Wildman–Crippen LogP) is 3.03. The van der Waals surface area contributed by atoms with E-state index in [1.54, 1.807) is 6.07 Å². The van der Waals surface area contributed by atoms with E-state index in [2.05, 4.69) is 5.43 Å². The topological polar surface area (TPSA) is 109 Å². The fourth-order valence-electron chi connectivity index (χ4n) is 4.00. The predicted molar refractivity (Wildman–Crippen MR) is 130 cm³/mol. The van der Waals surface area contributed by atoms with E-state index in [0.717, 1.165) is 15.6 Å². The van der Waals surface area contributed by atoms with E-state index in [1.807, 2.05) is 0 Å². The smallest absolute Gasteiger partial charge is 0.310 e. The summed E-state index contributed by atoms with van der Waals surface area (Å²) in [5.41, 5.74) is 1.45. The number of hydrazine groups is 1. The number of benzene rings is 2. The number of aliphatic hydroxyl groups excluding tert-OH is 1. The minimum absolute atomic E-state index is 0.0858. The molecular formula is C27H22F3N3O5. The molecule has 1 aliphatic heterocycles. The van der Waals surface area contributed by atoms with Gasteiger partial charge in [-0.2, -0.15) is 0 Å². The number of pyridine rings is 1. The lowest BCUT2D eigenvalue weighted by Crippen LogP contribution is -2.45. The number of hydrogen-bond acceptors (Lipinski definition) is 5. The van der Waals surface area contributed by atoms with Crippen molar-refractivity contribution in [1.82, 2.24) is 15.0 Å². The molecule has 0 atom stereocenters. The van der Waals surface area contributed by atoms with Gasteiger partial charge in [0.25, 0.3) is 5.56 Å². The van der Waals surface area contributed by atoms with Crippen molar-refractivity contribution >= 4 is 23.4 Å². The third-order valence-corrected chi connectivity index (χ3v) is 5.93. The zero-order valence-corrected chi connectivity index (χ0v) is 19.9. The van der Waals surface area contributed by atoms with Gasteiger partial charge in [-0.25, -0.2) is 13.2 Å². The van der Waals surface area contributed by atoms with Crippen molar-refractivity contribution in [3.8, 4) is 0 Å². The van der Waals surface area contributed by atoms with Gasteiger partial charge >= 0.3 is 5.91 Å². The minimum atomic E-state index is -1.22. The Hall–Kier alpha value is -4.67. The highest BCUT2D eigenvalue weighted by Gasteiger charge is 2.25. The van der Waals surface area contributed by atoms with E-state index >= 15 is 0 Å². The summed E-state index contributed by atoms with van der Waals surface area (Å²) in [6, 6.07) is 9.89.